The Kier molecular flexibility index (Phi) is 2.78. The lowest BCUT2D eigenvalue weighted by Crippen LogP contribution is -2.83. The van der Waals surface area contributed by atoms with E-state index in [-0.39, 0.29) is 30.6 Å². The molecule has 4 saturated carbocycles. The molecule has 0 aromatic carbocycles. The van der Waals surface area contributed by atoms with Gasteiger partial charge in [0.1, 0.15) is 11.2 Å². The third-order valence-corrected chi connectivity index (χ3v) is 10.2. The first-order valence-corrected chi connectivity index (χ1v) is 10.00. The van der Waals surface area contributed by atoms with E-state index in [0.717, 1.165) is 6.42 Å². The van der Waals surface area contributed by atoms with Crippen molar-refractivity contribution in [2.75, 3.05) is 0 Å². The van der Waals surface area contributed by atoms with Gasteiger partial charge < -0.3 is 30.3 Å². The second-order valence-corrected chi connectivity index (χ2v) is 10.8. The summed E-state index contributed by atoms with van der Waals surface area (Å²) in [5.41, 5.74) is -8.94. The predicted octanol–water partition coefficient (Wildman–Crippen LogP) is 0.534. The largest absolute Gasteiger partial charge is 0.389 e. The van der Waals surface area contributed by atoms with E-state index in [4.69, 9.17) is 4.74 Å². The van der Waals surface area contributed by atoms with Crippen molar-refractivity contribution in [3.8, 4) is 0 Å². The van der Waals surface area contributed by atoms with E-state index < -0.39 is 45.1 Å². The summed E-state index contributed by atoms with van der Waals surface area (Å²) < 4.78 is 6.15. The van der Waals surface area contributed by atoms with E-state index >= 15 is 0 Å². The van der Waals surface area contributed by atoms with Crippen molar-refractivity contribution in [3.63, 3.8) is 0 Å². The number of rotatable bonds is 1. The van der Waals surface area contributed by atoms with E-state index in [2.05, 4.69) is 0 Å². The third-order valence-electron chi connectivity index (χ3n) is 10.2. The van der Waals surface area contributed by atoms with Gasteiger partial charge in [-0.3, -0.25) is 0 Å². The molecule has 1 heterocycles. The summed E-state index contributed by atoms with van der Waals surface area (Å²) in [7, 11) is 0. The zero-order valence-electron chi connectivity index (χ0n) is 16.3. The fourth-order valence-corrected chi connectivity index (χ4v) is 8.56. The molecule has 0 radical (unpaired) electrons. The summed E-state index contributed by atoms with van der Waals surface area (Å²) in [6.07, 6.45) is 0.300. The lowest BCUT2D eigenvalue weighted by Gasteiger charge is -2.68. The second kappa shape index (κ2) is 4.05. The Morgan fingerprint density at radius 1 is 1.00 bits per heavy atom. The smallest absolute Gasteiger partial charge is 0.177 e. The third kappa shape index (κ3) is 1.17. The van der Waals surface area contributed by atoms with Crippen molar-refractivity contribution in [2.24, 2.45) is 28.6 Å². The molecule has 5 fully saturated rings. The lowest BCUT2D eigenvalue weighted by molar-refractivity contribution is -0.358. The SMILES string of the molecule is CC(C)[C@@]1(O)C[C@@]2(O)[C@@]3(C)C[C@]4(O)O[C@H]([C@@H]5[C@H](C)CC[C@@]53O)[C@@]2(O)[C@@]41C. The van der Waals surface area contributed by atoms with Gasteiger partial charge in [-0.05, 0) is 31.6 Å². The van der Waals surface area contributed by atoms with Gasteiger partial charge in [0.15, 0.2) is 5.79 Å². The van der Waals surface area contributed by atoms with Gasteiger partial charge in [0.25, 0.3) is 0 Å². The van der Waals surface area contributed by atoms with Crippen LogP contribution in [0, 0.1) is 28.6 Å². The van der Waals surface area contributed by atoms with Gasteiger partial charge in [0, 0.05) is 24.2 Å². The van der Waals surface area contributed by atoms with Crippen molar-refractivity contribution < 1.29 is 30.3 Å². The van der Waals surface area contributed by atoms with Crippen molar-refractivity contribution in [1.29, 1.82) is 0 Å². The minimum absolute atomic E-state index is 0.000556. The molecule has 6 heteroatoms. The molecular formula is C20H32O6. The zero-order valence-corrected chi connectivity index (χ0v) is 16.3. The second-order valence-electron chi connectivity index (χ2n) is 10.8. The summed E-state index contributed by atoms with van der Waals surface area (Å²) in [6.45, 7) is 9.14. The quantitative estimate of drug-likeness (QED) is 0.462. The Balaban J connectivity index is 1.89. The minimum atomic E-state index is -1.82. The fraction of sp³-hybridized carbons (Fsp3) is 1.00. The van der Waals surface area contributed by atoms with Gasteiger partial charge in [-0.2, -0.15) is 0 Å². The predicted molar refractivity (Wildman–Crippen MR) is 91.8 cm³/mol. The normalized spacial score (nSPS) is 71.0. The topological polar surface area (TPSA) is 110 Å². The summed E-state index contributed by atoms with van der Waals surface area (Å²) in [4.78, 5) is 0. The van der Waals surface area contributed by atoms with Crippen LogP contribution in [0.1, 0.15) is 60.3 Å². The molecule has 5 rings (SSSR count). The Labute approximate surface area is 154 Å². The Morgan fingerprint density at radius 3 is 2.19 bits per heavy atom. The highest BCUT2D eigenvalue weighted by Gasteiger charge is 2.99. The molecule has 5 bridgehead atoms. The molecule has 26 heavy (non-hydrogen) atoms. The van der Waals surface area contributed by atoms with E-state index in [1.807, 2.05) is 20.8 Å². The van der Waals surface area contributed by atoms with Crippen LogP contribution in [0.25, 0.3) is 0 Å². The highest BCUT2D eigenvalue weighted by molar-refractivity contribution is 5.46. The number of aliphatic hydroxyl groups is 5. The molecule has 6 nitrogen and oxygen atoms in total. The minimum Gasteiger partial charge on any atom is -0.389 e. The molecule has 1 aliphatic heterocycles. The molecule has 0 spiro atoms. The highest BCUT2D eigenvalue weighted by Crippen LogP contribution is 2.85. The van der Waals surface area contributed by atoms with Crippen molar-refractivity contribution in [2.45, 2.75) is 94.6 Å². The van der Waals surface area contributed by atoms with Crippen LogP contribution < -0.4 is 0 Å². The van der Waals surface area contributed by atoms with Crippen LogP contribution in [-0.4, -0.2) is 59.8 Å². The number of fused-ring (bicyclic) bond motifs is 3. The molecule has 4 aliphatic carbocycles. The van der Waals surface area contributed by atoms with Crippen LogP contribution in [0.5, 0.6) is 0 Å². The average Bonchev–Trinajstić information content (AvgIpc) is 2.92. The van der Waals surface area contributed by atoms with Gasteiger partial charge in [0.2, 0.25) is 0 Å². The Bertz CT molecular complexity index is 712. The molecule has 1 saturated heterocycles. The maximum atomic E-state index is 12.1. The number of hydrogen-bond acceptors (Lipinski definition) is 6. The van der Waals surface area contributed by atoms with Crippen molar-refractivity contribution in [1.82, 2.24) is 0 Å². The molecule has 0 amide bonds. The molecule has 148 valence electrons. The first-order chi connectivity index (χ1) is 11.7. The van der Waals surface area contributed by atoms with Crippen LogP contribution in [0.2, 0.25) is 0 Å². The number of ether oxygens (including phenoxy) is 1. The van der Waals surface area contributed by atoms with Crippen molar-refractivity contribution >= 4 is 0 Å². The van der Waals surface area contributed by atoms with Gasteiger partial charge in [-0.1, -0.05) is 27.7 Å². The lowest BCUT2D eigenvalue weighted by atomic mass is 9.39. The fourth-order valence-electron chi connectivity index (χ4n) is 8.56. The molecular weight excluding hydrogens is 336 g/mol. The monoisotopic (exact) mass is 368 g/mol. The van der Waals surface area contributed by atoms with Gasteiger partial charge in [0.05, 0.1) is 22.7 Å². The highest BCUT2D eigenvalue weighted by atomic mass is 16.7. The first-order valence-electron chi connectivity index (χ1n) is 10.00. The van der Waals surface area contributed by atoms with Crippen LogP contribution in [0.3, 0.4) is 0 Å². The van der Waals surface area contributed by atoms with E-state index in [1.54, 1.807) is 13.8 Å². The first kappa shape index (κ1) is 17.8. The Hall–Kier alpha value is -0.240. The maximum absolute atomic E-state index is 12.1. The molecule has 0 unspecified atom stereocenters. The molecule has 5 N–H and O–H groups in total. The van der Waals surface area contributed by atoms with Crippen LogP contribution in [0.15, 0.2) is 0 Å². The molecule has 10 atom stereocenters. The summed E-state index contributed by atoms with van der Waals surface area (Å²) in [5.74, 6) is -2.41. The van der Waals surface area contributed by atoms with E-state index in [9.17, 15) is 25.5 Å². The zero-order chi connectivity index (χ0) is 19.3. The molecule has 0 aromatic heterocycles. The Morgan fingerprint density at radius 2 is 1.62 bits per heavy atom. The van der Waals surface area contributed by atoms with E-state index in [0.29, 0.717) is 6.42 Å². The standard InChI is InChI=1S/C20H32O6/c1-10(2)17(22)9-18(23)14(4)8-19(24)15(17,5)20(18,25)13(26-19)12-11(3)6-7-16(12,14)21/h10-13,21-25H,6-9H2,1-5H3/t11-,12+,13-,14+,15-,16-,17+,18-,19+,20-/m1/s1. The van der Waals surface area contributed by atoms with Gasteiger partial charge >= 0.3 is 0 Å². The molecule has 5 aliphatic rings. The number of hydrogen-bond donors (Lipinski definition) is 5. The summed E-state index contributed by atoms with van der Waals surface area (Å²) in [5, 5.41) is 59.3. The van der Waals surface area contributed by atoms with E-state index in [1.165, 1.54) is 0 Å². The summed E-state index contributed by atoms with van der Waals surface area (Å²) in [6, 6.07) is 0. The van der Waals surface area contributed by atoms with Crippen molar-refractivity contribution in [3.05, 3.63) is 0 Å². The maximum Gasteiger partial charge on any atom is 0.177 e. The van der Waals surface area contributed by atoms with Gasteiger partial charge in [-0.25, -0.2) is 0 Å². The van der Waals surface area contributed by atoms with Crippen LogP contribution in [0.4, 0.5) is 0 Å². The average molecular weight is 368 g/mol. The molecule has 0 aromatic rings. The summed E-state index contributed by atoms with van der Waals surface area (Å²) >= 11 is 0. The van der Waals surface area contributed by atoms with Crippen LogP contribution >= 0.6 is 0 Å². The van der Waals surface area contributed by atoms with Crippen LogP contribution in [-0.2, 0) is 4.74 Å². The van der Waals surface area contributed by atoms with Gasteiger partial charge in [-0.15, -0.1) is 0 Å².